The second-order valence-corrected chi connectivity index (χ2v) is 7.51. The molecule has 0 bridgehead atoms. The quantitative estimate of drug-likeness (QED) is 0.327. The maximum absolute atomic E-state index is 6.05. The number of hydrogen-bond donors (Lipinski definition) is 2. The summed E-state index contributed by atoms with van der Waals surface area (Å²) in [5, 5.41) is 6.96. The normalized spacial score (nSPS) is 15.8. The van der Waals surface area contributed by atoms with Crippen LogP contribution in [0.3, 0.4) is 0 Å². The molecule has 1 atom stereocenters. The zero-order valence-electron chi connectivity index (χ0n) is 18.2. The lowest BCUT2D eigenvalue weighted by Crippen LogP contribution is -2.49. The van der Waals surface area contributed by atoms with Crippen molar-refractivity contribution in [2.75, 3.05) is 31.1 Å². The fraction of sp³-hybridized carbons (Fsp3) is 0.478. The van der Waals surface area contributed by atoms with E-state index in [2.05, 4.69) is 53.4 Å². The van der Waals surface area contributed by atoms with E-state index in [9.17, 15) is 0 Å². The lowest BCUT2D eigenvalue weighted by atomic mass is 10.1. The van der Waals surface area contributed by atoms with Crippen LogP contribution in [0.5, 0.6) is 5.75 Å². The Labute approximate surface area is 197 Å². The van der Waals surface area contributed by atoms with E-state index in [0.717, 1.165) is 55.6 Å². The van der Waals surface area contributed by atoms with Gasteiger partial charge in [-0.1, -0.05) is 24.3 Å². The molecule has 1 aliphatic rings. The number of hydrogen-bond acceptors (Lipinski definition) is 4. The lowest BCUT2D eigenvalue weighted by molar-refractivity contribution is 0.228. The molecule has 0 saturated carbocycles. The molecule has 0 radical (unpaired) electrons. The summed E-state index contributed by atoms with van der Waals surface area (Å²) < 4.78 is 6.05. The van der Waals surface area contributed by atoms with Gasteiger partial charge >= 0.3 is 0 Å². The molecule has 7 heteroatoms. The number of ether oxygens (including phenoxy) is 1. The first-order valence-electron chi connectivity index (χ1n) is 10.6. The van der Waals surface area contributed by atoms with Crippen molar-refractivity contribution in [3.8, 4) is 5.75 Å². The van der Waals surface area contributed by atoms with Crippen molar-refractivity contribution < 1.29 is 4.74 Å². The van der Waals surface area contributed by atoms with Crippen LogP contribution < -0.4 is 20.3 Å². The summed E-state index contributed by atoms with van der Waals surface area (Å²) >= 11 is 0. The number of benzene rings is 1. The Balaban J connectivity index is 0.00000320. The van der Waals surface area contributed by atoms with Gasteiger partial charge in [-0.3, -0.25) is 0 Å². The number of rotatable bonds is 7. The van der Waals surface area contributed by atoms with Crippen LogP contribution in [0.1, 0.15) is 32.3 Å². The van der Waals surface area contributed by atoms with Gasteiger partial charge in [-0.05, 0) is 57.4 Å². The number of para-hydroxylation sites is 1. The number of anilines is 1. The van der Waals surface area contributed by atoms with Gasteiger partial charge in [0, 0.05) is 31.9 Å². The predicted molar refractivity (Wildman–Crippen MR) is 135 cm³/mol. The van der Waals surface area contributed by atoms with E-state index in [0.29, 0.717) is 12.6 Å². The monoisotopic (exact) mass is 523 g/mol. The summed E-state index contributed by atoms with van der Waals surface area (Å²) in [5.74, 6) is 2.85. The van der Waals surface area contributed by atoms with Crippen LogP contribution in [0.2, 0.25) is 0 Å². The molecule has 6 nitrogen and oxygen atoms in total. The second kappa shape index (κ2) is 12.6. The number of aliphatic imine (C=N–C) groups is 1. The maximum atomic E-state index is 6.05. The van der Waals surface area contributed by atoms with Crippen LogP contribution in [0.4, 0.5) is 5.82 Å². The fourth-order valence-corrected chi connectivity index (χ4v) is 3.47. The van der Waals surface area contributed by atoms with Gasteiger partial charge in [-0.15, -0.1) is 24.0 Å². The van der Waals surface area contributed by atoms with Crippen LogP contribution in [-0.2, 0) is 0 Å². The minimum atomic E-state index is 0. The number of guanidine groups is 1. The van der Waals surface area contributed by atoms with Gasteiger partial charge in [0.15, 0.2) is 5.96 Å². The molecule has 3 rings (SSSR count). The zero-order valence-corrected chi connectivity index (χ0v) is 20.5. The molecule has 0 aliphatic carbocycles. The van der Waals surface area contributed by atoms with E-state index in [1.54, 1.807) is 0 Å². The number of aryl methyl sites for hydroxylation is 1. The average Bonchev–Trinajstić information content (AvgIpc) is 2.75. The van der Waals surface area contributed by atoms with E-state index in [1.165, 1.54) is 0 Å². The molecule has 0 spiro atoms. The molecule has 164 valence electrons. The maximum Gasteiger partial charge on any atom is 0.191 e. The molecule has 1 aromatic carbocycles. The molecule has 2 N–H and O–H groups in total. The van der Waals surface area contributed by atoms with Crippen molar-refractivity contribution in [2.45, 2.75) is 45.8 Å². The molecule has 1 unspecified atom stereocenters. The topological polar surface area (TPSA) is 61.8 Å². The van der Waals surface area contributed by atoms with Gasteiger partial charge in [0.25, 0.3) is 0 Å². The summed E-state index contributed by atoms with van der Waals surface area (Å²) in [5.41, 5.74) is 1.15. The fourth-order valence-electron chi connectivity index (χ4n) is 3.47. The SMILES string of the molecule is CCNC(=NCC(C)Oc1ccccc1C)NC1CCN(c2ccccn2)CC1.I. The first-order chi connectivity index (χ1) is 14.2. The summed E-state index contributed by atoms with van der Waals surface area (Å²) in [7, 11) is 0. The zero-order chi connectivity index (χ0) is 20.5. The Morgan fingerprint density at radius 1 is 1.20 bits per heavy atom. The van der Waals surface area contributed by atoms with Crippen LogP contribution in [-0.4, -0.2) is 49.3 Å². The molecule has 1 aromatic heterocycles. The van der Waals surface area contributed by atoms with E-state index in [1.807, 2.05) is 36.5 Å². The van der Waals surface area contributed by atoms with Gasteiger partial charge in [-0.25, -0.2) is 9.98 Å². The highest BCUT2D eigenvalue weighted by Gasteiger charge is 2.20. The number of pyridine rings is 1. The number of nitrogens with zero attached hydrogens (tertiary/aromatic N) is 3. The highest BCUT2D eigenvalue weighted by molar-refractivity contribution is 14.0. The summed E-state index contributed by atoms with van der Waals surface area (Å²) in [6.07, 6.45) is 4.00. The van der Waals surface area contributed by atoms with E-state index >= 15 is 0 Å². The number of halogens is 1. The van der Waals surface area contributed by atoms with Crippen molar-refractivity contribution in [2.24, 2.45) is 4.99 Å². The second-order valence-electron chi connectivity index (χ2n) is 7.51. The third-order valence-electron chi connectivity index (χ3n) is 5.08. The first-order valence-corrected chi connectivity index (χ1v) is 10.6. The Morgan fingerprint density at radius 3 is 2.60 bits per heavy atom. The minimum Gasteiger partial charge on any atom is -0.489 e. The molecule has 1 fully saturated rings. The van der Waals surface area contributed by atoms with Gasteiger partial charge in [0.1, 0.15) is 17.7 Å². The van der Waals surface area contributed by atoms with E-state index < -0.39 is 0 Å². The van der Waals surface area contributed by atoms with Crippen molar-refractivity contribution in [3.63, 3.8) is 0 Å². The molecule has 1 saturated heterocycles. The Hall–Kier alpha value is -2.03. The molecule has 30 heavy (non-hydrogen) atoms. The summed E-state index contributed by atoms with van der Waals surface area (Å²) in [4.78, 5) is 11.6. The van der Waals surface area contributed by atoms with Crippen molar-refractivity contribution in [1.82, 2.24) is 15.6 Å². The van der Waals surface area contributed by atoms with Gasteiger partial charge in [0.05, 0.1) is 6.54 Å². The Kier molecular flexibility index (Phi) is 10.2. The molecule has 2 aromatic rings. The largest absolute Gasteiger partial charge is 0.489 e. The standard InChI is InChI=1S/C23H33N5O.HI/c1-4-24-23(26-17-19(3)29-21-10-6-5-9-18(21)2)27-20-12-15-28(16-13-20)22-11-7-8-14-25-22;/h5-11,14,19-20H,4,12-13,15-17H2,1-3H3,(H2,24,26,27);1H. The van der Waals surface area contributed by atoms with Crippen molar-refractivity contribution >= 4 is 35.8 Å². The molecule has 1 aliphatic heterocycles. The first kappa shape index (κ1) is 24.2. The molecular weight excluding hydrogens is 489 g/mol. The van der Waals surface area contributed by atoms with Gasteiger partial charge < -0.3 is 20.3 Å². The smallest absolute Gasteiger partial charge is 0.191 e. The highest BCUT2D eigenvalue weighted by atomic mass is 127. The average molecular weight is 523 g/mol. The number of nitrogens with one attached hydrogen (secondary N) is 2. The molecule has 2 heterocycles. The third kappa shape index (κ3) is 7.34. The molecule has 0 amide bonds. The Bertz CT molecular complexity index is 778. The molecular formula is C23H34IN5O. The third-order valence-corrected chi connectivity index (χ3v) is 5.08. The van der Waals surface area contributed by atoms with Gasteiger partial charge in [0.2, 0.25) is 0 Å². The van der Waals surface area contributed by atoms with E-state index in [-0.39, 0.29) is 30.1 Å². The number of aromatic nitrogens is 1. The van der Waals surface area contributed by atoms with Crippen molar-refractivity contribution in [3.05, 3.63) is 54.2 Å². The predicted octanol–water partition coefficient (Wildman–Crippen LogP) is 4.00. The lowest BCUT2D eigenvalue weighted by Gasteiger charge is -2.33. The Morgan fingerprint density at radius 2 is 1.93 bits per heavy atom. The van der Waals surface area contributed by atoms with Crippen LogP contribution in [0, 0.1) is 6.92 Å². The summed E-state index contributed by atoms with van der Waals surface area (Å²) in [6.45, 7) is 9.66. The highest BCUT2D eigenvalue weighted by Crippen LogP contribution is 2.18. The van der Waals surface area contributed by atoms with Crippen molar-refractivity contribution in [1.29, 1.82) is 0 Å². The minimum absolute atomic E-state index is 0. The van der Waals surface area contributed by atoms with Crippen LogP contribution in [0.15, 0.2) is 53.7 Å². The van der Waals surface area contributed by atoms with Crippen LogP contribution >= 0.6 is 24.0 Å². The van der Waals surface area contributed by atoms with Crippen LogP contribution in [0.25, 0.3) is 0 Å². The van der Waals surface area contributed by atoms with Gasteiger partial charge in [-0.2, -0.15) is 0 Å². The summed E-state index contributed by atoms with van der Waals surface area (Å²) in [6, 6.07) is 14.6. The number of piperidine rings is 1. The van der Waals surface area contributed by atoms with E-state index in [4.69, 9.17) is 9.73 Å².